The molecule has 1 N–H and O–H groups in total. The molecule has 0 spiro atoms. The number of hydrogen-bond donors (Lipinski definition) is 1. The minimum Gasteiger partial charge on any atom is -0.448 e. The van der Waals surface area contributed by atoms with Gasteiger partial charge in [-0.15, -0.1) is 0 Å². The van der Waals surface area contributed by atoms with Crippen LogP contribution >= 0.6 is 0 Å². The van der Waals surface area contributed by atoms with Crippen molar-refractivity contribution in [3.05, 3.63) is 30.1 Å². The molecule has 1 saturated carbocycles. The number of ether oxygens (including phenoxy) is 1. The van der Waals surface area contributed by atoms with Crippen LogP contribution < -0.4 is 5.32 Å². The number of aromatic nitrogens is 1. The van der Waals surface area contributed by atoms with E-state index in [0.717, 1.165) is 25.7 Å². The monoisotopic (exact) mass is 262 g/mol. The lowest BCUT2D eigenvalue weighted by Gasteiger charge is -2.16. The number of nitrogens with one attached hydrogen (secondary N) is 1. The fraction of sp³-hybridized carbons (Fsp3) is 0.500. The van der Waals surface area contributed by atoms with E-state index >= 15 is 0 Å². The number of pyridine rings is 1. The predicted octanol–water partition coefficient (Wildman–Crippen LogP) is 1.69. The van der Waals surface area contributed by atoms with Crippen molar-refractivity contribution in [3.8, 4) is 0 Å². The molecule has 1 fully saturated rings. The van der Waals surface area contributed by atoms with Gasteiger partial charge in [-0.3, -0.25) is 4.79 Å². The van der Waals surface area contributed by atoms with Gasteiger partial charge in [-0.25, -0.2) is 9.78 Å². The summed E-state index contributed by atoms with van der Waals surface area (Å²) in [5.74, 6) is -0.814. The Bertz CT molecular complexity index is 441. The van der Waals surface area contributed by atoms with Gasteiger partial charge in [0, 0.05) is 12.2 Å². The molecule has 1 aliphatic carbocycles. The van der Waals surface area contributed by atoms with Gasteiger partial charge < -0.3 is 10.1 Å². The summed E-state index contributed by atoms with van der Waals surface area (Å²) < 4.78 is 5.10. The van der Waals surface area contributed by atoms with Crippen LogP contribution in [0, 0.1) is 0 Å². The smallest absolute Gasteiger partial charge is 0.357 e. The van der Waals surface area contributed by atoms with E-state index < -0.39 is 12.1 Å². The van der Waals surface area contributed by atoms with Crippen LogP contribution in [-0.4, -0.2) is 29.0 Å². The fourth-order valence-corrected chi connectivity index (χ4v) is 2.15. The molecule has 1 unspecified atom stereocenters. The van der Waals surface area contributed by atoms with E-state index in [4.69, 9.17) is 4.74 Å². The van der Waals surface area contributed by atoms with Crippen molar-refractivity contribution < 1.29 is 14.3 Å². The number of nitrogens with zero attached hydrogens (tertiary/aromatic N) is 1. The van der Waals surface area contributed by atoms with Gasteiger partial charge in [0.05, 0.1) is 0 Å². The van der Waals surface area contributed by atoms with E-state index in [2.05, 4.69) is 10.3 Å². The fourth-order valence-electron chi connectivity index (χ4n) is 2.15. The summed E-state index contributed by atoms with van der Waals surface area (Å²) in [6.07, 6.45) is 5.02. The van der Waals surface area contributed by atoms with Gasteiger partial charge in [-0.05, 0) is 31.9 Å². The standard InChI is InChI=1S/C14H18N2O3/c1-10(13(17)16-11-6-2-3-7-11)19-14(18)12-8-4-5-9-15-12/h4-5,8-11H,2-3,6-7H2,1H3,(H,16,17). The van der Waals surface area contributed by atoms with Crippen molar-refractivity contribution in [2.75, 3.05) is 0 Å². The zero-order valence-electron chi connectivity index (χ0n) is 11.0. The molecule has 0 bridgehead atoms. The zero-order valence-corrected chi connectivity index (χ0v) is 11.0. The molecule has 0 aliphatic heterocycles. The third-order valence-corrected chi connectivity index (χ3v) is 3.23. The Morgan fingerprint density at radius 1 is 1.37 bits per heavy atom. The largest absolute Gasteiger partial charge is 0.448 e. The van der Waals surface area contributed by atoms with Gasteiger partial charge >= 0.3 is 5.97 Å². The number of esters is 1. The molecular weight excluding hydrogens is 244 g/mol. The van der Waals surface area contributed by atoms with Crippen molar-refractivity contribution >= 4 is 11.9 Å². The molecule has 1 heterocycles. The first-order chi connectivity index (χ1) is 9.16. The number of carbonyl (C=O) groups is 2. The van der Waals surface area contributed by atoms with E-state index in [1.165, 1.54) is 6.20 Å². The van der Waals surface area contributed by atoms with E-state index in [1.807, 2.05) is 0 Å². The summed E-state index contributed by atoms with van der Waals surface area (Å²) in [4.78, 5) is 27.5. The van der Waals surface area contributed by atoms with Gasteiger partial charge in [0.15, 0.2) is 6.10 Å². The second-order valence-corrected chi connectivity index (χ2v) is 4.75. The third-order valence-electron chi connectivity index (χ3n) is 3.23. The second kappa shape index (κ2) is 6.31. The minimum absolute atomic E-state index is 0.211. The topological polar surface area (TPSA) is 68.3 Å². The summed E-state index contributed by atoms with van der Waals surface area (Å²) in [5.41, 5.74) is 0.211. The third kappa shape index (κ3) is 3.77. The average Bonchev–Trinajstić information content (AvgIpc) is 2.92. The molecule has 5 nitrogen and oxygen atoms in total. The van der Waals surface area contributed by atoms with Crippen molar-refractivity contribution in [1.29, 1.82) is 0 Å². The molecule has 0 aromatic carbocycles. The van der Waals surface area contributed by atoms with Crippen LogP contribution in [-0.2, 0) is 9.53 Å². The molecule has 5 heteroatoms. The van der Waals surface area contributed by atoms with Crippen molar-refractivity contribution in [2.45, 2.75) is 44.8 Å². The Balaban J connectivity index is 1.84. The predicted molar refractivity (Wildman–Crippen MR) is 69.5 cm³/mol. The van der Waals surface area contributed by atoms with Crippen LogP contribution in [0.1, 0.15) is 43.1 Å². The van der Waals surface area contributed by atoms with Crippen LogP contribution in [0.15, 0.2) is 24.4 Å². The molecule has 1 aromatic heterocycles. The first-order valence-electron chi connectivity index (χ1n) is 6.59. The minimum atomic E-state index is -0.796. The maximum atomic E-state index is 11.9. The summed E-state index contributed by atoms with van der Waals surface area (Å²) in [6, 6.07) is 5.20. The van der Waals surface area contributed by atoms with Gasteiger partial charge in [-0.2, -0.15) is 0 Å². The molecule has 1 atom stereocenters. The van der Waals surface area contributed by atoms with E-state index in [1.54, 1.807) is 25.1 Å². The lowest BCUT2D eigenvalue weighted by atomic mass is 10.2. The van der Waals surface area contributed by atoms with Crippen LogP contribution in [0.25, 0.3) is 0 Å². The van der Waals surface area contributed by atoms with Gasteiger partial charge in [0.25, 0.3) is 5.91 Å². The lowest BCUT2D eigenvalue weighted by molar-refractivity contribution is -0.129. The van der Waals surface area contributed by atoms with Crippen LogP contribution in [0.3, 0.4) is 0 Å². The maximum absolute atomic E-state index is 11.9. The summed E-state index contributed by atoms with van der Waals surface area (Å²) >= 11 is 0. The summed E-state index contributed by atoms with van der Waals surface area (Å²) in [7, 11) is 0. The highest BCUT2D eigenvalue weighted by Crippen LogP contribution is 2.17. The van der Waals surface area contributed by atoms with Gasteiger partial charge in [0.1, 0.15) is 5.69 Å². The lowest BCUT2D eigenvalue weighted by Crippen LogP contribution is -2.40. The molecule has 1 aliphatic rings. The molecule has 1 amide bonds. The average molecular weight is 262 g/mol. The van der Waals surface area contributed by atoms with Gasteiger partial charge in [0.2, 0.25) is 0 Å². The molecular formula is C14H18N2O3. The molecule has 0 saturated heterocycles. The summed E-state index contributed by atoms with van der Waals surface area (Å²) in [6.45, 7) is 1.57. The molecule has 102 valence electrons. The highest BCUT2D eigenvalue weighted by atomic mass is 16.5. The Morgan fingerprint density at radius 2 is 2.11 bits per heavy atom. The molecule has 19 heavy (non-hydrogen) atoms. The molecule has 2 rings (SSSR count). The van der Waals surface area contributed by atoms with Crippen molar-refractivity contribution in [1.82, 2.24) is 10.3 Å². The van der Waals surface area contributed by atoms with Crippen molar-refractivity contribution in [2.24, 2.45) is 0 Å². The highest BCUT2D eigenvalue weighted by Gasteiger charge is 2.23. The first-order valence-corrected chi connectivity index (χ1v) is 6.59. The van der Waals surface area contributed by atoms with Crippen molar-refractivity contribution in [3.63, 3.8) is 0 Å². The van der Waals surface area contributed by atoms with E-state index in [0.29, 0.717) is 0 Å². The maximum Gasteiger partial charge on any atom is 0.357 e. The van der Waals surface area contributed by atoms with Crippen LogP contribution in [0.2, 0.25) is 0 Å². The van der Waals surface area contributed by atoms with Crippen LogP contribution in [0.5, 0.6) is 0 Å². The highest BCUT2D eigenvalue weighted by molar-refractivity contribution is 5.90. The molecule has 1 aromatic rings. The molecule has 0 radical (unpaired) electrons. The number of rotatable bonds is 4. The summed E-state index contributed by atoms with van der Waals surface area (Å²) in [5, 5.41) is 2.90. The second-order valence-electron chi connectivity index (χ2n) is 4.75. The number of amides is 1. The Kier molecular flexibility index (Phi) is 4.49. The Morgan fingerprint density at radius 3 is 2.74 bits per heavy atom. The Hall–Kier alpha value is -1.91. The SMILES string of the molecule is CC(OC(=O)c1ccccn1)C(=O)NC1CCCC1. The normalized spacial score (nSPS) is 16.9. The first kappa shape index (κ1) is 13.5. The van der Waals surface area contributed by atoms with Crippen LogP contribution in [0.4, 0.5) is 0 Å². The number of carbonyl (C=O) groups excluding carboxylic acids is 2. The quantitative estimate of drug-likeness (QED) is 0.838. The van der Waals surface area contributed by atoms with E-state index in [-0.39, 0.29) is 17.6 Å². The Labute approximate surface area is 112 Å². The van der Waals surface area contributed by atoms with E-state index in [9.17, 15) is 9.59 Å². The van der Waals surface area contributed by atoms with Gasteiger partial charge in [-0.1, -0.05) is 18.9 Å². The zero-order chi connectivity index (χ0) is 13.7. The number of hydrogen-bond acceptors (Lipinski definition) is 4.